The van der Waals surface area contributed by atoms with Crippen molar-refractivity contribution in [2.75, 3.05) is 7.11 Å². The first-order valence-electron chi connectivity index (χ1n) is 8.92. The summed E-state index contributed by atoms with van der Waals surface area (Å²) in [7, 11) is 1.62. The molecular formula is C23H19N3O2. The summed E-state index contributed by atoms with van der Waals surface area (Å²) in [6.45, 7) is 0. The van der Waals surface area contributed by atoms with E-state index in [1.807, 2.05) is 84.9 Å². The molecule has 1 atom stereocenters. The molecule has 0 saturated carbocycles. The fourth-order valence-corrected chi connectivity index (χ4v) is 3.49. The minimum absolute atomic E-state index is 0.0880. The minimum Gasteiger partial charge on any atom is -0.497 e. The van der Waals surface area contributed by atoms with Crippen LogP contribution < -0.4 is 4.74 Å². The summed E-state index contributed by atoms with van der Waals surface area (Å²) in [4.78, 5) is 18.1. The average molecular weight is 369 g/mol. The van der Waals surface area contributed by atoms with Gasteiger partial charge in [0.1, 0.15) is 18.4 Å². The Labute approximate surface area is 163 Å². The maximum absolute atomic E-state index is 14.0. The summed E-state index contributed by atoms with van der Waals surface area (Å²) >= 11 is 0. The lowest BCUT2D eigenvalue weighted by Crippen LogP contribution is -2.44. The highest BCUT2D eigenvalue weighted by atomic mass is 16.5. The van der Waals surface area contributed by atoms with Crippen molar-refractivity contribution in [1.29, 1.82) is 0 Å². The van der Waals surface area contributed by atoms with E-state index in [1.54, 1.807) is 18.1 Å². The quantitative estimate of drug-likeness (QED) is 0.483. The fraction of sp³-hybridized carbons (Fsp3) is 0.0870. The van der Waals surface area contributed by atoms with Crippen molar-refractivity contribution in [2.24, 2.45) is 0 Å². The summed E-state index contributed by atoms with van der Waals surface area (Å²) in [6.07, 6.45) is 3.03. The number of benzene rings is 3. The molecule has 138 valence electrons. The van der Waals surface area contributed by atoms with Gasteiger partial charge in [-0.3, -0.25) is 4.79 Å². The monoisotopic (exact) mass is 369 g/mol. The van der Waals surface area contributed by atoms with Crippen LogP contribution in [0.15, 0.2) is 97.6 Å². The van der Waals surface area contributed by atoms with Crippen LogP contribution in [0.25, 0.3) is 0 Å². The van der Waals surface area contributed by atoms with Gasteiger partial charge < -0.3 is 4.74 Å². The van der Waals surface area contributed by atoms with Crippen LogP contribution in [-0.2, 0) is 5.54 Å². The predicted octanol–water partition coefficient (Wildman–Crippen LogP) is 3.96. The molecule has 5 nitrogen and oxygen atoms in total. The molecule has 0 aliphatic rings. The van der Waals surface area contributed by atoms with Crippen LogP contribution in [0.5, 0.6) is 5.75 Å². The highest BCUT2D eigenvalue weighted by molar-refractivity contribution is 6.06. The predicted molar refractivity (Wildman–Crippen MR) is 106 cm³/mol. The van der Waals surface area contributed by atoms with Gasteiger partial charge >= 0.3 is 0 Å². The Morgan fingerprint density at radius 3 is 2.04 bits per heavy atom. The number of Topliss-reactive ketones (excluding diaryl/α,β-unsaturated/α-hetero) is 1. The van der Waals surface area contributed by atoms with Gasteiger partial charge in [0.2, 0.25) is 0 Å². The number of hydrogen-bond donors (Lipinski definition) is 0. The molecule has 1 aromatic heterocycles. The van der Waals surface area contributed by atoms with E-state index in [0.717, 1.165) is 16.9 Å². The Balaban J connectivity index is 2.04. The Morgan fingerprint density at radius 1 is 0.857 bits per heavy atom. The van der Waals surface area contributed by atoms with Crippen LogP contribution >= 0.6 is 0 Å². The lowest BCUT2D eigenvalue weighted by atomic mass is 9.77. The maximum atomic E-state index is 14.0. The molecule has 5 heteroatoms. The second-order valence-electron chi connectivity index (χ2n) is 6.34. The van der Waals surface area contributed by atoms with Gasteiger partial charge in [0, 0.05) is 5.56 Å². The van der Waals surface area contributed by atoms with Crippen molar-refractivity contribution in [3.8, 4) is 5.75 Å². The minimum atomic E-state index is -1.19. The summed E-state index contributed by atoms with van der Waals surface area (Å²) in [6, 6.07) is 26.4. The Bertz CT molecular complexity index is 1050. The largest absolute Gasteiger partial charge is 0.497 e. The van der Waals surface area contributed by atoms with E-state index in [9.17, 15) is 4.79 Å². The third kappa shape index (κ3) is 2.87. The van der Waals surface area contributed by atoms with E-state index in [-0.39, 0.29) is 5.78 Å². The standard InChI is InChI=1S/C23H19N3O2/c1-28-21-14-12-20(13-15-21)23(26-17-24-16-25-26,19-10-6-3-7-11-19)22(27)18-8-4-2-5-9-18/h2-17H,1H3. The SMILES string of the molecule is COc1ccc(C(C(=O)c2ccccc2)(c2ccccc2)n2cncn2)cc1. The third-order valence-electron chi connectivity index (χ3n) is 4.83. The summed E-state index contributed by atoms with van der Waals surface area (Å²) in [5.74, 6) is 0.631. The number of methoxy groups -OCH3 is 1. The zero-order valence-electron chi connectivity index (χ0n) is 15.4. The van der Waals surface area contributed by atoms with Crippen LogP contribution in [0.2, 0.25) is 0 Å². The molecule has 4 rings (SSSR count). The van der Waals surface area contributed by atoms with Gasteiger partial charge in [0.05, 0.1) is 7.11 Å². The van der Waals surface area contributed by atoms with E-state index in [0.29, 0.717) is 5.56 Å². The van der Waals surface area contributed by atoms with E-state index in [2.05, 4.69) is 10.1 Å². The van der Waals surface area contributed by atoms with Crippen molar-refractivity contribution in [3.05, 3.63) is 114 Å². The van der Waals surface area contributed by atoms with E-state index in [1.165, 1.54) is 6.33 Å². The fourth-order valence-electron chi connectivity index (χ4n) is 3.49. The van der Waals surface area contributed by atoms with Gasteiger partial charge in [-0.1, -0.05) is 72.8 Å². The third-order valence-corrected chi connectivity index (χ3v) is 4.83. The number of nitrogens with zero attached hydrogens (tertiary/aromatic N) is 3. The number of ketones is 1. The van der Waals surface area contributed by atoms with Crippen molar-refractivity contribution >= 4 is 5.78 Å². The summed E-state index contributed by atoms with van der Waals surface area (Å²) in [5.41, 5.74) is 0.988. The van der Waals surface area contributed by atoms with Crippen LogP contribution in [0, 0.1) is 0 Å². The lowest BCUT2D eigenvalue weighted by Gasteiger charge is -2.33. The molecule has 0 fully saturated rings. The Hall–Kier alpha value is -3.73. The zero-order valence-corrected chi connectivity index (χ0v) is 15.4. The number of carbonyl (C=O) groups excluding carboxylic acids is 1. The van der Waals surface area contributed by atoms with Crippen molar-refractivity contribution in [1.82, 2.24) is 14.8 Å². The van der Waals surface area contributed by atoms with E-state index >= 15 is 0 Å². The first-order valence-corrected chi connectivity index (χ1v) is 8.92. The number of aromatic nitrogens is 3. The molecule has 0 N–H and O–H groups in total. The van der Waals surface area contributed by atoms with Crippen molar-refractivity contribution in [3.63, 3.8) is 0 Å². The van der Waals surface area contributed by atoms with Gasteiger partial charge in [-0.05, 0) is 23.3 Å². The second kappa shape index (κ2) is 7.48. The number of carbonyl (C=O) groups is 1. The number of ether oxygens (including phenoxy) is 1. The molecule has 0 radical (unpaired) electrons. The summed E-state index contributed by atoms with van der Waals surface area (Å²) in [5, 5.41) is 4.38. The zero-order chi connectivity index (χ0) is 19.4. The molecule has 0 amide bonds. The van der Waals surface area contributed by atoms with Crippen molar-refractivity contribution in [2.45, 2.75) is 5.54 Å². The van der Waals surface area contributed by atoms with Gasteiger partial charge in [-0.15, -0.1) is 0 Å². The first-order chi connectivity index (χ1) is 13.8. The molecule has 3 aromatic carbocycles. The normalized spacial score (nSPS) is 12.9. The molecule has 28 heavy (non-hydrogen) atoms. The van der Waals surface area contributed by atoms with Crippen LogP contribution in [-0.4, -0.2) is 27.7 Å². The molecule has 0 bridgehead atoms. The van der Waals surface area contributed by atoms with Crippen LogP contribution in [0.3, 0.4) is 0 Å². The summed E-state index contributed by atoms with van der Waals surface area (Å²) < 4.78 is 6.93. The topological polar surface area (TPSA) is 57.0 Å². The first kappa shape index (κ1) is 17.7. The molecule has 0 aliphatic heterocycles. The highest BCUT2D eigenvalue weighted by Crippen LogP contribution is 2.37. The average Bonchev–Trinajstić information content (AvgIpc) is 3.31. The molecule has 0 aliphatic carbocycles. The number of rotatable bonds is 6. The maximum Gasteiger partial charge on any atom is 0.199 e. The van der Waals surface area contributed by atoms with Gasteiger partial charge in [0.25, 0.3) is 0 Å². The highest BCUT2D eigenvalue weighted by Gasteiger charge is 2.45. The lowest BCUT2D eigenvalue weighted by molar-refractivity contribution is 0.0878. The molecule has 0 saturated heterocycles. The Morgan fingerprint density at radius 2 is 1.46 bits per heavy atom. The molecular weight excluding hydrogens is 350 g/mol. The number of hydrogen-bond acceptors (Lipinski definition) is 4. The second-order valence-corrected chi connectivity index (χ2v) is 6.34. The smallest absolute Gasteiger partial charge is 0.199 e. The van der Waals surface area contributed by atoms with Crippen LogP contribution in [0.4, 0.5) is 0 Å². The van der Waals surface area contributed by atoms with E-state index in [4.69, 9.17) is 4.74 Å². The van der Waals surface area contributed by atoms with Gasteiger partial charge in [0.15, 0.2) is 11.3 Å². The van der Waals surface area contributed by atoms with Crippen LogP contribution in [0.1, 0.15) is 21.5 Å². The molecule has 0 spiro atoms. The van der Waals surface area contributed by atoms with E-state index < -0.39 is 5.54 Å². The molecule has 1 heterocycles. The Kier molecular flexibility index (Phi) is 4.72. The van der Waals surface area contributed by atoms with Gasteiger partial charge in [-0.25, -0.2) is 9.67 Å². The molecule has 1 unspecified atom stereocenters. The van der Waals surface area contributed by atoms with Crippen molar-refractivity contribution < 1.29 is 9.53 Å². The van der Waals surface area contributed by atoms with Gasteiger partial charge in [-0.2, -0.15) is 5.10 Å². The molecule has 4 aromatic rings.